The maximum absolute atomic E-state index is 13.9. The zero-order chi connectivity index (χ0) is 17.0. The topological polar surface area (TPSA) is 27.6 Å². The average molecular weight is 354 g/mol. The number of hydrogen-bond acceptors (Lipinski definition) is 2. The molecule has 1 N–H and O–H groups in total. The summed E-state index contributed by atoms with van der Waals surface area (Å²) in [7, 11) is 1.93. The molecular weight excluding hydrogens is 336 g/mol. The van der Waals surface area contributed by atoms with Crippen molar-refractivity contribution in [2.45, 2.75) is 13.8 Å². The van der Waals surface area contributed by atoms with Crippen LogP contribution in [-0.4, -0.2) is 24.8 Å². The average Bonchev–Trinajstić information content (AvgIpc) is 2.51. The molecule has 0 aromatic heterocycles. The van der Waals surface area contributed by atoms with Gasteiger partial charge in [0.05, 0.1) is 28.4 Å². The minimum atomic E-state index is -0.439. The van der Waals surface area contributed by atoms with Gasteiger partial charge in [-0.05, 0) is 49.7 Å². The number of aryl methyl sites for hydroxylation is 1. The molecule has 0 aliphatic heterocycles. The monoisotopic (exact) mass is 353 g/mol. The summed E-state index contributed by atoms with van der Waals surface area (Å²) in [4.78, 5) is 6.33. The van der Waals surface area contributed by atoms with Crippen LogP contribution in [-0.2, 0) is 0 Å². The Morgan fingerprint density at radius 3 is 2.61 bits per heavy atom. The van der Waals surface area contributed by atoms with E-state index < -0.39 is 5.82 Å². The lowest BCUT2D eigenvalue weighted by Gasteiger charge is -2.13. The highest BCUT2D eigenvalue weighted by atomic mass is 35.5. The molecule has 0 bridgehead atoms. The molecule has 0 saturated carbocycles. The molecule has 3 nitrogen and oxygen atoms in total. The molecule has 6 heteroatoms. The maximum atomic E-state index is 13.9. The van der Waals surface area contributed by atoms with Gasteiger partial charge in [-0.1, -0.05) is 23.2 Å². The summed E-state index contributed by atoms with van der Waals surface area (Å²) in [5.74, 6) is -0.439. The van der Waals surface area contributed by atoms with Gasteiger partial charge in [0, 0.05) is 18.6 Å². The molecule has 0 radical (unpaired) electrons. The lowest BCUT2D eigenvalue weighted by atomic mass is 10.2. The fourth-order valence-electron chi connectivity index (χ4n) is 1.91. The molecule has 0 fully saturated rings. The molecule has 0 amide bonds. The standard InChI is InChI=1S/C17H18Cl2FN3/c1-4-23(3)10-21-15-7-11(2)8-16(17(15)19)22-14-6-5-12(18)9-13(14)20/h5-10,22H,4H2,1-3H3/b21-10-. The first-order valence-corrected chi connectivity index (χ1v) is 7.93. The normalized spacial score (nSPS) is 11.0. The predicted octanol–water partition coefficient (Wildman–Crippen LogP) is 5.80. The van der Waals surface area contributed by atoms with Gasteiger partial charge in [0.25, 0.3) is 0 Å². The van der Waals surface area contributed by atoms with Crippen molar-refractivity contribution < 1.29 is 4.39 Å². The summed E-state index contributed by atoms with van der Waals surface area (Å²) in [5, 5.41) is 3.78. The van der Waals surface area contributed by atoms with Crippen molar-refractivity contribution in [1.82, 2.24) is 4.90 Å². The molecule has 2 aromatic carbocycles. The van der Waals surface area contributed by atoms with E-state index in [1.165, 1.54) is 6.07 Å². The Bertz CT molecular complexity index is 732. The predicted molar refractivity (Wildman–Crippen MR) is 97.3 cm³/mol. The molecule has 0 heterocycles. The Kier molecular flexibility index (Phi) is 5.85. The first kappa shape index (κ1) is 17.6. The minimum absolute atomic E-state index is 0.308. The van der Waals surface area contributed by atoms with E-state index in [0.29, 0.717) is 27.1 Å². The van der Waals surface area contributed by atoms with Crippen molar-refractivity contribution in [2.24, 2.45) is 4.99 Å². The van der Waals surface area contributed by atoms with Crippen LogP contribution in [0.4, 0.5) is 21.5 Å². The Morgan fingerprint density at radius 2 is 1.96 bits per heavy atom. The number of rotatable bonds is 5. The van der Waals surface area contributed by atoms with E-state index in [2.05, 4.69) is 10.3 Å². The van der Waals surface area contributed by atoms with Crippen LogP contribution in [0.1, 0.15) is 12.5 Å². The van der Waals surface area contributed by atoms with Gasteiger partial charge in [-0.25, -0.2) is 9.38 Å². The molecular formula is C17H18Cl2FN3. The molecule has 122 valence electrons. The SMILES string of the molecule is CCN(C)/C=N\c1cc(C)cc(Nc2ccc(Cl)cc2F)c1Cl. The van der Waals surface area contributed by atoms with E-state index in [1.807, 2.05) is 37.9 Å². The van der Waals surface area contributed by atoms with E-state index >= 15 is 0 Å². The fourth-order valence-corrected chi connectivity index (χ4v) is 2.28. The maximum Gasteiger partial charge on any atom is 0.148 e. The van der Waals surface area contributed by atoms with Gasteiger partial charge < -0.3 is 10.2 Å². The van der Waals surface area contributed by atoms with Crippen molar-refractivity contribution in [3.63, 3.8) is 0 Å². The smallest absolute Gasteiger partial charge is 0.148 e. The van der Waals surface area contributed by atoms with Crippen LogP contribution in [0.25, 0.3) is 0 Å². The quantitative estimate of drug-likeness (QED) is 0.543. The van der Waals surface area contributed by atoms with Crippen LogP contribution in [0.3, 0.4) is 0 Å². The molecule has 23 heavy (non-hydrogen) atoms. The first-order valence-electron chi connectivity index (χ1n) is 7.17. The number of benzene rings is 2. The zero-order valence-corrected chi connectivity index (χ0v) is 14.7. The van der Waals surface area contributed by atoms with Crippen molar-refractivity contribution in [2.75, 3.05) is 18.9 Å². The summed E-state index contributed by atoms with van der Waals surface area (Å²) in [6.07, 6.45) is 1.72. The van der Waals surface area contributed by atoms with Crippen molar-refractivity contribution >= 4 is 46.6 Å². The summed E-state index contributed by atoms with van der Waals surface area (Å²) < 4.78 is 13.9. The molecule has 0 spiro atoms. The second-order valence-electron chi connectivity index (χ2n) is 5.21. The zero-order valence-electron chi connectivity index (χ0n) is 13.2. The van der Waals surface area contributed by atoms with Crippen molar-refractivity contribution in [3.8, 4) is 0 Å². The van der Waals surface area contributed by atoms with Crippen LogP contribution in [0.5, 0.6) is 0 Å². The molecule has 0 unspecified atom stereocenters. The number of anilines is 2. The Morgan fingerprint density at radius 1 is 1.22 bits per heavy atom. The lowest BCUT2D eigenvalue weighted by Crippen LogP contribution is -2.14. The van der Waals surface area contributed by atoms with Crippen molar-refractivity contribution in [3.05, 3.63) is 51.8 Å². The minimum Gasteiger partial charge on any atom is -0.366 e. The second-order valence-corrected chi connectivity index (χ2v) is 6.03. The first-order chi connectivity index (χ1) is 10.9. The third kappa shape index (κ3) is 4.60. The van der Waals surface area contributed by atoms with Gasteiger partial charge in [-0.2, -0.15) is 0 Å². The summed E-state index contributed by atoms with van der Waals surface area (Å²) in [6, 6.07) is 8.17. The summed E-state index contributed by atoms with van der Waals surface area (Å²) >= 11 is 12.2. The van der Waals surface area contributed by atoms with E-state index in [-0.39, 0.29) is 0 Å². The van der Waals surface area contributed by atoms with Gasteiger partial charge in [0.1, 0.15) is 5.82 Å². The number of nitrogens with one attached hydrogen (secondary N) is 1. The van der Waals surface area contributed by atoms with E-state index in [0.717, 1.165) is 12.1 Å². The van der Waals surface area contributed by atoms with Crippen LogP contribution < -0.4 is 5.32 Å². The number of aliphatic imine (C=N–C) groups is 1. The van der Waals surface area contributed by atoms with Crippen molar-refractivity contribution in [1.29, 1.82) is 0 Å². The Hall–Kier alpha value is -1.78. The van der Waals surface area contributed by atoms with Crippen LogP contribution >= 0.6 is 23.2 Å². The number of nitrogens with zero attached hydrogens (tertiary/aromatic N) is 2. The molecule has 0 atom stereocenters. The van der Waals surface area contributed by atoms with Gasteiger partial charge in [0.15, 0.2) is 0 Å². The largest absolute Gasteiger partial charge is 0.366 e. The highest BCUT2D eigenvalue weighted by Crippen LogP contribution is 2.36. The van der Waals surface area contributed by atoms with Gasteiger partial charge >= 0.3 is 0 Å². The Balaban J connectivity index is 2.35. The highest BCUT2D eigenvalue weighted by molar-refractivity contribution is 6.36. The lowest BCUT2D eigenvalue weighted by molar-refractivity contribution is 0.552. The fraction of sp³-hybridized carbons (Fsp3) is 0.235. The van der Waals surface area contributed by atoms with Gasteiger partial charge in [-0.3, -0.25) is 0 Å². The Labute approximate surface area is 145 Å². The molecule has 0 saturated heterocycles. The number of hydrogen-bond donors (Lipinski definition) is 1. The third-order valence-corrected chi connectivity index (χ3v) is 3.92. The molecule has 0 aliphatic rings. The van der Waals surface area contributed by atoms with Gasteiger partial charge in [-0.15, -0.1) is 0 Å². The van der Waals surface area contributed by atoms with Crippen LogP contribution in [0.15, 0.2) is 35.3 Å². The highest BCUT2D eigenvalue weighted by Gasteiger charge is 2.10. The van der Waals surface area contributed by atoms with E-state index in [1.54, 1.807) is 18.5 Å². The van der Waals surface area contributed by atoms with Crippen LogP contribution in [0, 0.1) is 12.7 Å². The molecule has 2 rings (SSSR count). The van der Waals surface area contributed by atoms with E-state index in [4.69, 9.17) is 23.2 Å². The molecule has 2 aromatic rings. The summed E-state index contributed by atoms with van der Waals surface area (Å²) in [5.41, 5.74) is 2.50. The number of halogens is 3. The third-order valence-electron chi connectivity index (χ3n) is 3.29. The summed E-state index contributed by atoms with van der Waals surface area (Å²) in [6.45, 7) is 4.80. The molecule has 0 aliphatic carbocycles. The second kappa shape index (κ2) is 7.66. The van der Waals surface area contributed by atoms with Crippen LogP contribution in [0.2, 0.25) is 10.0 Å². The van der Waals surface area contributed by atoms with E-state index in [9.17, 15) is 4.39 Å². The van der Waals surface area contributed by atoms with Gasteiger partial charge in [0.2, 0.25) is 0 Å².